The molecule has 0 aromatic heterocycles. The predicted octanol–water partition coefficient (Wildman–Crippen LogP) is 1.55. The van der Waals surface area contributed by atoms with Crippen LogP contribution in [0.4, 0.5) is 0 Å². The fourth-order valence-electron chi connectivity index (χ4n) is 2.54. The van der Waals surface area contributed by atoms with Crippen molar-refractivity contribution in [2.45, 2.75) is 44.9 Å². The largest absolute Gasteiger partial charge is 0.481 e. The predicted molar refractivity (Wildman–Crippen MR) is 64.2 cm³/mol. The maximum Gasteiger partial charge on any atom is 0.303 e. The second kappa shape index (κ2) is 6.29. The van der Waals surface area contributed by atoms with Crippen molar-refractivity contribution in [1.29, 1.82) is 0 Å². The molecule has 1 aliphatic rings. The third-order valence-electron chi connectivity index (χ3n) is 3.32. The Morgan fingerprint density at radius 1 is 1.29 bits per heavy atom. The van der Waals surface area contributed by atoms with Gasteiger partial charge in [-0.2, -0.15) is 0 Å². The molecule has 1 amide bonds. The van der Waals surface area contributed by atoms with Crippen molar-refractivity contribution in [2.24, 2.45) is 5.41 Å². The van der Waals surface area contributed by atoms with Gasteiger partial charge in [-0.15, -0.1) is 12.3 Å². The van der Waals surface area contributed by atoms with Gasteiger partial charge in [0.05, 0.1) is 6.42 Å². The van der Waals surface area contributed by atoms with Gasteiger partial charge in [0.2, 0.25) is 5.91 Å². The summed E-state index contributed by atoms with van der Waals surface area (Å²) in [5, 5.41) is 11.6. The van der Waals surface area contributed by atoms with Crippen LogP contribution in [0.25, 0.3) is 0 Å². The first-order valence-corrected chi connectivity index (χ1v) is 6.00. The van der Waals surface area contributed by atoms with E-state index in [1.54, 1.807) is 0 Å². The molecule has 0 bridgehead atoms. The number of carbonyl (C=O) groups is 2. The first-order chi connectivity index (χ1) is 8.08. The third-order valence-corrected chi connectivity index (χ3v) is 3.32. The normalized spacial score (nSPS) is 17.4. The van der Waals surface area contributed by atoms with E-state index in [1.807, 2.05) is 0 Å². The summed E-state index contributed by atoms with van der Waals surface area (Å²) in [6, 6.07) is 0. The molecule has 1 aliphatic carbocycles. The van der Waals surface area contributed by atoms with Gasteiger partial charge >= 0.3 is 5.97 Å². The Bertz CT molecular complexity index is 324. The molecule has 1 fully saturated rings. The lowest BCUT2D eigenvalue weighted by Gasteiger charge is -2.26. The van der Waals surface area contributed by atoms with Gasteiger partial charge in [-0.05, 0) is 18.3 Å². The molecule has 17 heavy (non-hydrogen) atoms. The first kappa shape index (κ1) is 13.6. The number of aliphatic carboxylic acids is 1. The minimum atomic E-state index is -0.816. The van der Waals surface area contributed by atoms with E-state index in [4.69, 9.17) is 11.5 Å². The highest BCUT2D eigenvalue weighted by atomic mass is 16.4. The lowest BCUT2D eigenvalue weighted by molar-refractivity contribution is -0.140. The van der Waals surface area contributed by atoms with E-state index in [1.165, 1.54) is 0 Å². The zero-order valence-corrected chi connectivity index (χ0v) is 10.00. The van der Waals surface area contributed by atoms with Crippen molar-refractivity contribution in [3.05, 3.63) is 0 Å². The number of carboxylic acids is 1. The third kappa shape index (κ3) is 4.48. The number of hydrogen-bond acceptors (Lipinski definition) is 2. The molecule has 94 valence electrons. The second-order valence-electron chi connectivity index (χ2n) is 4.76. The smallest absolute Gasteiger partial charge is 0.303 e. The zero-order valence-electron chi connectivity index (χ0n) is 10.00. The maximum atomic E-state index is 11.7. The Morgan fingerprint density at radius 2 is 1.94 bits per heavy atom. The number of carbonyl (C=O) groups excluding carboxylic acids is 1. The average molecular weight is 237 g/mol. The van der Waals surface area contributed by atoms with Gasteiger partial charge in [0, 0.05) is 19.4 Å². The van der Waals surface area contributed by atoms with E-state index >= 15 is 0 Å². The molecular weight excluding hydrogens is 218 g/mol. The highest BCUT2D eigenvalue weighted by Crippen LogP contribution is 2.43. The lowest BCUT2D eigenvalue weighted by atomic mass is 9.79. The van der Waals surface area contributed by atoms with Crippen LogP contribution in [0.2, 0.25) is 0 Å². The second-order valence-corrected chi connectivity index (χ2v) is 4.76. The number of nitrogens with one attached hydrogen (secondary N) is 1. The maximum absolute atomic E-state index is 11.7. The zero-order chi connectivity index (χ0) is 12.7. The quantitative estimate of drug-likeness (QED) is 0.544. The molecule has 0 spiro atoms. The molecule has 0 aromatic rings. The summed E-state index contributed by atoms with van der Waals surface area (Å²) in [7, 11) is 0. The molecular formula is C13H19NO3. The van der Waals surface area contributed by atoms with Crippen LogP contribution in [-0.2, 0) is 9.59 Å². The van der Waals surface area contributed by atoms with Crippen LogP contribution < -0.4 is 5.32 Å². The molecule has 0 aromatic carbocycles. The number of rotatable bonds is 6. The molecule has 0 heterocycles. The van der Waals surface area contributed by atoms with Gasteiger partial charge < -0.3 is 10.4 Å². The van der Waals surface area contributed by atoms with Gasteiger partial charge in [-0.1, -0.05) is 12.8 Å². The molecule has 1 rings (SSSR count). The van der Waals surface area contributed by atoms with Crippen LogP contribution in [0.15, 0.2) is 0 Å². The van der Waals surface area contributed by atoms with Gasteiger partial charge in [0.15, 0.2) is 0 Å². The molecule has 2 N–H and O–H groups in total. The highest BCUT2D eigenvalue weighted by Gasteiger charge is 2.37. The molecule has 0 unspecified atom stereocenters. The standard InChI is InChI=1S/C13H19NO3/c1-2-3-8-14-11(15)9-13(10-12(16)17)6-4-5-7-13/h1H,3-10H2,(H,14,15)(H,16,17). The van der Waals surface area contributed by atoms with Crippen LogP contribution in [-0.4, -0.2) is 23.5 Å². The van der Waals surface area contributed by atoms with Crippen molar-refractivity contribution >= 4 is 11.9 Å². The number of hydrogen-bond donors (Lipinski definition) is 2. The van der Waals surface area contributed by atoms with Crippen molar-refractivity contribution in [3.63, 3.8) is 0 Å². The monoisotopic (exact) mass is 237 g/mol. The van der Waals surface area contributed by atoms with Crippen LogP contribution in [0.3, 0.4) is 0 Å². The SMILES string of the molecule is C#CCCNC(=O)CC1(CC(=O)O)CCCC1. The van der Waals surface area contributed by atoms with E-state index < -0.39 is 5.97 Å². The molecule has 0 atom stereocenters. The molecule has 4 nitrogen and oxygen atoms in total. The van der Waals surface area contributed by atoms with Gasteiger partial charge in [-0.25, -0.2) is 0 Å². The summed E-state index contributed by atoms with van der Waals surface area (Å²) in [4.78, 5) is 22.5. The van der Waals surface area contributed by atoms with Crippen LogP contribution in [0.1, 0.15) is 44.9 Å². The van der Waals surface area contributed by atoms with Crippen LogP contribution >= 0.6 is 0 Å². The van der Waals surface area contributed by atoms with E-state index in [0.717, 1.165) is 25.7 Å². The summed E-state index contributed by atoms with van der Waals surface area (Å²) in [5.41, 5.74) is -0.327. The van der Waals surface area contributed by atoms with E-state index in [-0.39, 0.29) is 17.7 Å². The van der Waals surface area contributed by atoms with E-state index in [9.17, 15) is 9.59 Å². The minimum absolute atomic E-state index is 0.0802. The van der Waals surface area contributed by atoms with Crippen LogP contribution in [0.5, 0.6) is 0 Å². The summed E-state index contributed by atoms with van der Waals surface area (Å²) in [5.74, 6) is 1.55. The lowest BCUT2D eigenvalue weighted by Crippen LogP contribution is -2.32. The van der Waals surface area contributed by atoms with Gasteiger partial charge in [-0.3, -0.25) is 9.59 Å². The Balaban J connectivity index is 2.46. The van der Waals surface area contributed by atoms with E-state index in [2.05, 4.69) is 11.2 Å². The Labute approximate surface area is 102 Å². The molecule has 0 radical (unpaired) electrons. The first-order valence-electron chi connectivity index (χ1n) is 6.00. The van der Waals surface area contributed by atoms with Crippen molar-refractivity contribution in [2.75, 3.05) is 6.54 Å². The topological polar surface area (TPSA) is 66.4 Å². The van der Waals surface area contributed by atoms with Gasteiger partial charge in [0.25, 0.3) is 0 Å². The molecule has 4 heteroatoms. The Kier molecular flexibility index (Phi) is 5.02. The van der Waals surface area contributed by atoms with Crippen molar-refractivity contribution < 1.29 is 14.7 Å². The molecule has 0 saturated heterocycles. The van der Waals surface area contributed by atoms with Crippen molar-refractivity contribution in [1.82, 2.24) is 5.32 Å². The summed E-state index contributed by atoms with van der Waals surface area (Å²) >= 11 is 0. The number of carboxylic acid groups (broad SMARTS) is 1. The van der Waals surface area contributed by atoms with E-state index in [0.29, 0.717) is 19.4 Å². The number of amides is 1. The van der Waals surface area contributed by atoms with Crippen molar-refractivity contribution in [3.8, 4) is 12.3 Å². The summed E-state index contributed by atoms with van der Waals surface area (Å²) < 4.78 is 0. The molecule has 0 aliphatic heterocycles. The number of terminal acetylenes is 1. The fraction of sp³-hybridized carbons (Fsp3) is 0.692. The van der Waals surface area contributed by atoms with Gasteiger partial charge in [0.1, 0.15) is 0 Å². The van der Waals surface area contributed by atoms with Crippen LogP contribution in [0, 0.1) is 17.8 Å². The summed E-state index contributed by atoms with van der Waals surface area (Å²) in [6.45, 7) is 0.471. The Morgan fingerprint density at radius 3 is 2.47 bits per heavy atom. The highest BCUT2D eigenvalue weighted by molar-refractivity contribution is 5.78. The minimum Gasteiger partial charge on any atom is -0.481 e. The molecule has 1 saturated carbocycles. The summed E-state index contributed by atoms with van der Waals surface area (Å²) in [6.07, 6.45) is 9.71. The fourth-order valence-corrected chi connectivity index (χ4v) is 2.54. The average Bonchev–Trinajstić information content (AvgIpc) is 2.65. The Hall–Kier alpha value is -1.50.